The van der Waals surface area contributed by atoms with Crippen LogP contribution in [0.4, 0.5) is 14.5 Å². The van der Waals surface area contributed by atoms with Gasteiger partial charge in [0.05, 0.1) is 5.69 Å². The predicted molar refractivity (Wildman–Crippen MR) is 72.3 cm³/mol. The van der Waals surface area contributed by atoms with Crippen molar-refractivity contribution in [2.45, 2.75) is 13.2 Å². The summed E-state index contributed by atoms with van der Waals surface area (Å²) in [6, 6.07) is 0. The molecule has 1 aromatic heterocycles. The van der Waals surface area contributed by atoms with Crippen LogP contribution in [0.15, 0.2) is 54.8 Å². The number of alkyl halides is 2. The number of hydrogen-bond donors (Lipinski definition) is 2. The van der Waals surface area contributed by atoms with Gasteiger partial charge in [0.25, 0.3) is 0 Å². The summed E-state index contributed by atoms with van der Waals surface area (Å²) < 4.78 is 35.7. The smallest absolute Gasteiger partial charge is 0.397 e. The lowest BCUT2D eigenvalue weighted by Crippen LogP contribution is -2.16. The molecule has 0 saturated heterocycles. The standard InChI is InChI=1S/C14H14F2N2O2/c1-3-5-9(10-7-18-8-11(10)17)13-12(6-4-2)19-14(15,16)20-13/h3-8,18H,1,17H2,2H3/b6-4+,9-5-. The second-order valence-corrected chi connectivity index (χ2v) is 4.00. The van der Waals surface area contributed by atoms with Crippen LogP contribution in [-0.2, 0) is 9.47 Å². The van der Waals surface area contributed by atoms with Gasteiger partial charge in [0, 0.05) is 23.5 Å². The molecule has 0 unspecified atom stereocenters. The first-order valence-electron chi connectivity index (χ1n) is 5.87. The van der Waals surface area contributed by atoms with Crippen LogP contribution < -0.4 is 5.73 Å². The largest absolute Gasteiger partial charge is 0.586 e. The zero-order chi connectivity index (χ0) is 14.8. The molecule has 0 amide bonds. The molecule has 2 heterocycles. The number of ether oxygens (including phenoxy) is 2. The van der Waals surface area contributed by atoms with Crippen molar-refractivity contribution in [3.05, 3.63) is 60.4 Å². The second-order valence-electron chi connectivity index (χ2n) is 4.00. The van der Waals surface area contributed by atoms with Gasteiger partial charge < -0.3 is 20.2 Å². The van der Waals surface area contributed by atoms with Crippen molar-refractivity contribution in [3.63, 3.8) is 0 Å². The quantitative estimate of drug-likeness (QED) is 0.829. The second kappa shape index (κ2) is 5.24. The lowest BCUT2D eigenvalue weighted by atomic mass is 10.0. The first kappa shape index (κ1) is 13.9. The molecule has 2 rings (SSSR count). The van der Waals surface area contributed by atoms with Gasteiger partial charge in [-0.2, -0.15) is 0 Å². The summed E-state index contributed by atoms with van der Waals surface area (Å²) in [5.41, 5.74) is 7.10. The van der Waals surface area contributed by atoms with E-state index in [1.807, 2.05) is 0 Å². The van der Waals surface area contributed by atoms with E-state index < -0.39 is 6.29 Å². The van der Waals surface area contributed by atoms with Crippen LogP contribution >= 0.6 is 0 Å². The molecular formula is C14H14F2N2O2. The number of nitrogen functional groups attached to an aromatic ring is 1. The third kappa shape index (κ3) is 2.59. The molecule has 0 radical (unpaired) electrons. The molecular weight excluding hydrogens is 266 g/mol. The Morgan fingerprint density at radius 3 is 2.70 bits per heavy atom. The van der Waals surface area contributed by atoms with Crippen LogP contribution in [0.5, 0.6) is 0 Å². The Bertz CT molecular complexity index is 612. The van der Waals surface area contributed by atoms with Gasteiger partial charge in [-0.05, 0) is 13.0 Å². The fourth-order valence-electron chi connectivity index (χ4n) is 1.83. The van der Waals surface area contributed by atoms with Crippen molar-refractivity contribution in [2.24, 2.45) is 0 Å². The molecule has 6 heteroatoms. The summed E-state index contributed by atoms with van der Waals surface area (Å²) in [5.74, 6) is -0.148. The van der Waals surface area contributed by atoms with Gasteiger partial charge in [-0.25, -0.2) is 0 Å². The number of H-pyrrole nitrogens is 1. The van der Waals surface area contributed by atoms with Crippen molar-refractivity contribution in [3.8, 4) is 0 Å². The van der Waals surface area contributed by atoms with Gasteiger partial charge in [0.1, 0.15) is 0 Å². The maximum absolute atomic E-state index is 13.3. The van der Waals surface area contributed by atoms with Gasteiger partial charge in [-0.15, -0.1) is 8.78 Å². The molecule has 1 aromatic rings. The van der Waals surface area contributed by atoms with E-state index in [0.717, 1.165) is 0 Å². The van der Waals surface area contributed by atoms with Crippen LogP contribution in [0.1, 0.15) is 12.5 Å². The number of hydrogen-bond acceptors (Lipinski definition) is 3. The number of anilines is 1. The number of halogens is 2. The van der Waals surface area contributed by atoms with Crippen molar-refractivity contribution < 1.29 is 18.3 Å². The van der Waals surface area contributed by atoms with E-state index in [0.29, 0.717) is 16.8 Å². The van der Waals surface area contributed by atoms with E-state index in [1.54, 1.807) is 25.4 Å². The average Bonchev–Trinajstić information content (AvgIpc) is 2.91. The fourth-order valence-corrected chi connectivity index (χ4v) is 1.83. The lowest BCUT2D eigenvalue weighted by molar-refractivity contribution is -0.334. The van der Waals surface area contributed by atoms with Crippen molar-refractivity contribution in [1.29, 1.82) is 0 Å². The van der Waals surface area contributed by atoms with Crippen molar-refractivity contribution >= 4 is 11.3 Å². The molecule has 1 aliphatic rings. The number of nitrogens with two attached hydrogens (primary N) is 1. The maximum Gasteiger partial charge on any atom is 0.586 e. The Balaban J connectivity index is 2.54. The molecule has 0 atom stereocenters. The molecule has 0 saturated carbocycles. The van der Waals surface area contributed by atoms with Crippen LogP contribution in [0.25, 0.3) is 5.57 Å². The van der Waals surface area contributed by atoms with Crippen LogP contribution in [0, 0.1) is 0 Å². The van der Waals surface area contributed by atoms with Gasteiger partial charge >= 0.3 is 6.29 Å². The van der Waals surface area contributed by atoms with Crippen molar-refractivity contribution in [2.75, 3.05) is 5.73 Å². The van der Waals surface area contributed by atoms with E-state index in [-0.39, 0.29) is 11.5 Å². The highest BCUT2D eigenvalue weighted by Crippen LogP contribution is 2.41. The predicted octanol–water partition coefficient (Wildman–Crippen LogP) is 3.55. The highest BCUT2D eigenvalue weighted by atomic mass is 19.3. The Morgan fingerprint density at radius 2 is 2.15 bits per heavy atom. The average molecular weight is 280 g/mol. The Labute approximate surface area is 114 Å². The molecule has 0 aromatic carbocycles. The lowest BCUT2D eigenvalue weighted by Gasteiger charge is -2.10. The first-order valence-corrected chi connectivity index (χ1v) is 5.87. The van der Waals surface area contributed by atoms with Crippen molar-refractivity contribution in [1.82, 2.24) is 4.98 Å². The van der Waals surface area contributed by atoms with Crippen LogP contribution in [0.3, 0.4) is 0 Å². The normalized spacial score (nSPS) is 18.2. The number of aromatic amines is 1. The number of rotatable bonds is 4. The zero-order valence-electron chi connectivity index (χ0n) is 10.8. The minimum atomic E-state index is -3.70. The van der Waals surface area contributed by atoms with Gasteiger partial charge in [0.15, 0.2) is 11.5 Å². The monoisotopic (exact) mass is 280 g/mol. The first-order chi connectivity index (χ1) is 9.48. The molecule has 3 N–H and O–H groups in total. The van der Waals surface area contributed by atoms with E-state index in [1.165, 1.54) is 18.2 Å². The number of allylic oxidation sites excluding steroid dienone is 5. The Kier molecular flexibility index (Phi) is 3.65. The Hall–Kier alpha value is -2.50. The summed E-state index contributed by atoms with van der Waals surface area (Å²) >= 11 is 0. The number of aromatic nitrogens is 1. The molecule has 1 aliphatic heterocycles. The fraction of sp³-hybridized carbons (Fsp3) is 0.143. The third-order valence-corrected chi connectivity index (χ3v) is 2.59. The third-order valence-electron chi connectivity index (χ3n) is 2.59. The molecule has 20 heavy (non-hydrogen) atoms. The highest BCUT2D eigenvalue weighted by molar-refractivity contribution is 5.85. The summed E-state index contributed by atoms with van der Waals surface area (Å²) in [7, 11) is 0. The SMILES string of the molecule is C=C/C=C(C1=C(/C=C/C)OC(F)(F)O1)/c1c[nH]cc1N. The molecule has 0 bridgehead atoms. The minimum Gasteiger partial charge on any atom is -0.397 e. The zero-order valence-corrected chi connectivity index (χ0v) is 10.8. The maximum atomic E-state index is 13.3. The van der Waals surface area contributed by atoms with E-state index in [4.69, 9.17) is 5.73 Å². The summed E-state index contributed by atoms with van der Waals surface area (Å²) in [5, 5.41) is 0. The minimum absolute atomic E-state index is 0.0637. The van der Waals surface area contributed by atoms with Crippen LogP contribution in [0.2, 0.25) is 0 Å². The summed E-state index contributed by atoms with van der Waals surface area (Å²) in [6.07, 6.45) is 5.41. The molecule has 4 nitrogen and oxygen atoms in total. The molecule has 106 valence electrons. The van der Waals surface area contributed by atoms with Gasteiger partial charge in [0.2, 0.25) is 0 Å². The Morgan fingerprint density at radius 1 is 1.40 bits per heavy atom. The molecule has 0 aliphatic carbocycles. The molecule has 0 fully saturated rings. The van der Waals surface area contributed by atoms with E-state index in [9.17, 15) is 8.78 Å². The van der Waals surface area contributed by atoms with E-state index >= 15 is 0 Å². The number of nitrogens with one attached hydrogen (secondary N) is 1. The van der Waals surface area contributed by atoms with Gasteiger partial charge in [-0.1, -0.05) is 24.8 Å². The van der Waals surface area contributed by atoms with E-state index in [2.05, 4.69) is 21.0 Å². The van der Waals surface area contributed by atoms with Gasteiger partial charge in [-0.3, -0.25) is 0 Å². The molecule has 0 spiro atoms. The summed E-state index contributed by atoms with van der Waals surface area (Å²) in [6.45, 7) is 5.25. The highest BCUT2D eigenvalue weighted by Gasteiger charge is 2.45. The van der Waals surface area contributed by atoms with Crippen LogP contribution in [-0.4, -0.2) is 11.3 Å². The summed E-state index contributed by atoms with van der Waals surface area (Å²) in [4.78, 5) is 2.80. The topological polar surface area (TPSA) is 60.3 Å².